The molecular formula is C26H34N6O2. The predicted molar refractivity (Wildman–Crippen MR) is 134 cm³/mol. The van der Waals surface area contributed by atoms with Gasteiger partial charge < -0.3 is 10.2 Å². The molecule has 0 saturated carbocycles. The molecule has 0 bridgehead atoms. The molecule has 4 heterocycles. The maximum atomic E-state index is 13.9. The van der Waals surface area contributed by atoms with Gasteiger partial charge >= 0.3 is 0 Å². The lowest BCUT2D eigenvalue weighted by molar-refractivity contribution is -0.119. The monoisotopic (exact) mass is 462 g/mol. The van der Waals surface area contributed by atoms with Crippen LogP contribution in [0.3, 0.4) is 0 Å². The first-order chi connectivity index (χ1) is 16.6. The van der Waals surface area contributed by atoms with Gasteiger partial charge in [0.05, 0.1) is 23.5 Å². The summed E-state index contributed by atoms with van der Waals surface area (Å²) in [6, 6.07) is 11.2. The van der Waals surface area contributed by atoms with Crippen molar-refractivity contribution >= 4 is 29.0 Å². The smallest absolute Gasteiger partial charge is 0.257 e. The summed E-state index contributed by atoms with van der Waals surface area (Å²) in [5, 5.41) is 2.92. The number of aromatic nitrogens is 1. The lowest BCUT2D eigenvalue weighted by atomic mass is 10.1. The Morgan fingerprint density at radius 1 is 1.03 bits per heavy atom. The van der Waals surface area contributed by atoms with Gasteiger partial charge in [0.2, 0.25) is 5.91 Å². The summed E-state index contributed by atoms with van der Waals surface area (Å²) in [4.78, 5) is 40.2. The van der Waals surface area contributed by atoms with Gasteiger partial charge in [-0.25, -0.2) is 4.98 Å². The highest BCUT2D eigenvalue weighted by atomic mass is 16.2. The maximum Gasteiger partial charge on any atom is 0.257 e. The predicted octanol–water partition coefficient (Wildman–Crippen LogP) is 2.80. The van der Waals surface area contributed by atoms with Crippen molar-refractivity contribution in [2.24, 2.45) is 0 Å². The van der Waals surface area contributed by atoms with Crippen LogP contribution in [0.1, 0.15) is 36.0 Å². The van der Waals surface area contributed by atoms with E-state index in [0.717, 1.165) is 52.1 Å². The molecule has 2 saturated heterocycles. The second-order valence-corrected chi connectivity index (χ2v) is 9.65. The molecule has 34 heavy (non-hydrogen) atoms. The van der Waals surface area contributed by atoms with Crippen molar-refractivity contribution in [1.29, 1.82) is 0 Å². The number of carbonyl (C=O) groups excluding carboxylic acids is 2. The molecule has 0 spiro atoms. The second kappa shape index (κ2) is 10.2. The van der Waals surface area contributed by atoms with Gasteiger partial charge in [0, 0.05) is 45.0 Å². The van der Waals surface area contributed by atoms with Gasteiger partial charge in [-0.15, -0.1) is 0 Å². The quantitative estimate of drug-likeness (QED) is 0.754. The first-order valence-electron chi connectivity index (χ1n) is 12.4. The molecule has 1 aromatic carbocycles. The molecule has 8 nitrogen and oxygen atoms in total. The number of anilines is 3. The van der Waals surface area contributed by atoms with Crippen molar-refractivity contribution in [2.45, 2.75) is 31.7 Å². The topological polar surface area (TPSA) is 72.0 Å². The molecule has 3 aliphatic heterocycles. The highest BCUT2D eigenvalue weighted by molar-refractivity contribution is 6.17. The number of likely N-dealkylation sites (tertiary alicyclic amines) is 1. The van der Waals surface area contributed by atoms with Crippen LogP contribution in [0.5, 0.6) is 0 Å². The van der Waals surface area contributed by atoms with Crippen LogP contribution in [0.25, 0.3) is 0 Å². The van der Waals surface area contributed by atoms with Crippen LogP contribution in [-0.2, 0) is 4.79 Å². The van der Waals surface area contributed by atoms with Gasteiger partial charge in [-0.2, -0.15) is 0 Å². The SMILES string of the molecule is CN1CCN(CC2CCCCCN2CC(=O)N2c3ccccc3C(=O)Nc3cccnc32)CC1. The van der Waals surface area contributed by atoms with Gasteiger partial charge in [0.1, 0.15) is 0 Å². The summed E-state index contributed by atoms with van der Waals surface area (Å²) in [6.07, 6.45) is 6.31. The zero-order valence-corrected chi connectivity index (χ0v) is 19.9. The van der Waals surface area contributed by atoms with E-state index in [0.29, 0.717) is 35.3 Å². The Morgan fingerprint density at radius 3 is 2.71 bits per heavy atom. The Bertz CT molecular complexity index is 1040. The van der Waals surface area contributed by atoms with Crippen molar-refractivity contribution in [2.75, 3.05) is 63.1 Å². The number of pyridine rings is 1. The minimum atomic E-state index is -0.220. The van der Waals surface area contributed by atoms with Crippen molar-refractivity contribution < 1.29 is 9.59 Å². The Kier molecular flexibility index (Phi) is 6.89. The van der Waals surface area contributed by atoms with Crippen LogP contribution >= 0.6 is 0 Å². The van der Waals surface area contributed by atoms with Gasteiger partial charge in [-0.05, 0) is 50.7 Å². The fourth-order valence-corrected chi connectivity index (χ4v) is 5.31. The van der Waals surface area contributed by atoms with Crippen LogP contribution in [0.2, 0.25) is 0 Å². The number of carbonyl (C=O) groups is 2. The lowest BCUT2D eigenvalue weighted by Gasteiger charge is -2.38. The Morgan fingerprint density at radius 2 is 1.85 bits per heavy atom. The number of hydrogen-bond donors (Lipinski definition) is 1. The molecule has 1 N–H and O–H groups in total. The largest absolute Gasteiger partial charge is 0.319 e. The second-order valence-electron chi connectivity index (χ2n) is 9.65. The standard InChI is InChI=1S/C26H34N6O2/c1-29-14-16-30(17-15-29)18-20-8-3-2-6-13-31(20)19-24(33)32-23-11-5-4-9-21(23)26(34)28-22-10-7-12-27-25(22)32/h4-5,7,9-12,20H,2-3,6,8,13-19H2,1H3,(H,28,34). The van der Waals surface area contributed by atoms with E-state index in [4.69, 9.17) is 0 Å². The number of hydrogen-bond acceptors (Lipinski definition) is 6. The molecule has 0 radical (unpaired) electrons. The fourth-order valence-electron chi connectivity index (χ4n) is 5.31. The summed E-state index contributed by atoms with van der Waals surface area (Å²) < 4.78 is 0. The molecule has 0 aliphatic carbocycles. The number of benzene rings is 1. The molecule has 5 rings (SSSR count). The molecule has 180 valence electrons. The number of likely N-dealkylation sites (N-methyl/N-ethyl adjacent to an activating group) is 1. The average Bonchev–Trinajstić information content (AvgIpc) is 3.13. The summed E-state index contributed by atoms with van der Waals surface area (Å²) in [5.74, 6) is 0.216. The number of fused-ring (bicyclic) bond motifs is 2. The zero-order valence-electron chi connectivity index (χ0n) is 19.9. The molecule has 2 amide bonds. The van der Waals surface area contributed by atoms with E-state index in [1.807, 2.05) is 18.2 Å². The van der Waals surface area contributed by atoms with E-state index in [1.165, 1.54) is 12.8 Å². The lowest BCUT2D eigenvalue weighted by Crippen LogP contribution is -2.52. The molecular weight excluding hydrogens is 428 g/mol. The number of para-hydroxylation sites is 1. The summed E-state index contributed by atoms with van der Waals surface area (Å²) in [5.41, 5.74) is 1.63. The molecule has 8 heteroatoms. The normalized spacial score (nSPS) is 22.3. The molecule has 2 aromatic rings. The highest BCUT2D eigenvalue weighted by Crippen LogP contribution is 2.36. The highest BCUT2D eigenvalue weighted by Gasteiger charge is 2.33. The number of nitrogens with one attached hydrogen (secondary N) is 1. The van der Waals surface area contributed by atoms with Crippen LogP contribution in [-0.4, -0.2) is 90.4 Å². The van der Waals surface area contributed by atoms with E-state index < -0.39 is 0 Å². The first kappa shape index (κ1) is 23.0. The van der Waals surface area contributed by atoms with E-state index >= 15 is 0 Å². The maximum absolute atomic E-state index is 13.9. The average molecular weight is 463 g/mol. The van der Waals surface area contributed by atoms with Gasteiger partial charge in [-0.1, -0.05) is 25.0 Å². The van der Waals surface area contributed by atoms with Crippen molar-refractivity contribution in [3.8, 4) is 0 Å². The third-order valence-electron chi connectivity index (χ3n) is 7.29. The van der Waals surface area contributed by atoms with Crippen LogP contribution in [0.4, 0.5) is 17.2 Å². The van der Waals surface area contributed by atoms with E-state index in [2.05, 4.69) is 32.0 Å². The third-order valence-corrected chi connectivity index (χ3v) is 7.29. The Labute approximate surface area is 201 Å². The van der Waals surface area contributed by atoms with Crippen molar-refractivity contribution in [1.82, 2.24) is 19.7 Å². The summed E-state index contributed by atoms with van der Waals surface area (Å²) >= 11 is 0. The van der Waals surface area contributed by atoms with Crippen LogP contribution in [0, 0.1) is 0 Å². The molecule has 1 unspecified atom stereocenters. The van der Waals surface area contributed by atoms with Gasteiger partial charge in [0.15, 0.2) is 5.82 Å². The minimum Gasteiger partial charge on any atom is -0.319 e. The number of piperazine rings is 1. The van der Waals surface area contributed by atoms with Crippen LogP contribution in [0.15, 0.2) is 42.6 Å². The van der Waals surface area contributed by atoms with E-state index in [-0.39, 0.29) is 11.8 Å². The van der Waals surface area contributed by atoms with E-state index in [1.54, 1.807) is 29.3 Å². The van der Waals surface area contributed by atoms with E-state index in [9.17, 15) is 9.59 Å². The number of rotatable bonds is 4. The molecule has 3 aliphatic rings. The molecule has 1 aromatic heterocycles. The Balaban J connectivity index is 1.41. The fraction of sp³-hybridized carbons (Fsp3) is 0.500. The summed E-state index contributed by atoms with van der Waals surface area (Å²) in [6.45, 7) is 6.60. The first-order valence-corrected chi connectivity index (χ1v) is 12.4. The number of amides is 2. The van der Waals surface area contributed by atoms with Crippen molar-refractivity contribution in [3.63, 3.8) is 0 Å². The third kappa shape index (κ3) is 4.85. The number of nitrogens with zero attached hydrogens (tertiary/aromatic N) is 5. The van der Waals surface area contributed by atoms with Crippen LogP contribution < -0.4 is 10.2 Å². The van der Waals surface area contributed by atoms with Gasteiger partial charge in [-0.3, -0.25) is 24.3 Å². The Hall–Kier alpha value is -2.81. The van der Waals surface area contributed by atoms with Crippen molar-refractivity contribution in [3.05, 3.63) is 48.2 Å². The minimum absolute atomic E-state index is 0.0471. The molecule has 1 atom stereocenters. The summed E-state index contributed by atoms with van der Waals surface area (Å²) in [7, 11) is 2.18. The van der Waals surface area contributed by atoms with Gasteiger partial charge in [0.25, 0.3) is 5.91 Å². The molecule has 2 fully saturated rings. The zero-order chi connectivity index (χ0) is 23.5.